The molecule has 4 fully saturated rings. The average Bonchev–Trinajstić information content (AvgIpc) is 3.80. The van der Waals surface area contributed by atoms with Gasteiger partial charge in [-0.2, -0.15) is 0 Å². The Hall–Kier alpha value is 0.0200. The van der Waals surface area contributed by atoms with Crippen molar-refractivity contribution in [2.45, 2.75) is 174 Å². The molecule has 4 heterocycles. The minimum Gasteiger partial charge on any atom is -0.373 e. The highest BCUT2D eigenvalue weighted by Crippen LogP contribution is 2.54. The second-order valence-corrected chi connectivity index (χ2v) is 23.0. The van der Waals surface area contributed by atoms with E-state index < -0.39 is 117 Å². The zero-order valence-electron chi connectivity index (χ0n) is 34.8. The van der Waals surface area contributed by atoms with Gasteiger partial charge in [-0.1, -0.05) is 26.8 Å². The van der Waals surface area contributed by atoms with Gasteiger partial charge < -0.3 is 38.5 Å². The predicted molar refractivity (Wildman–Crippen MR) is 206 cm³/mol. The van der Waals surface area contributed by atoms with E-state index in [0.29, 0.717) is 0 Å². The number of ether oxygens (including phenoxy) is 4. The van der Waals surface area contributed by atoms with Crippen LogP contribution in [0.25, 0.3) is 0 Å². The lowest BCUT2D eigenvalue weighted by Crippen LogP contribution is -2.37. The molecular weight excluding hydrogens is 852 g/mol. The van der Waals surface area contributed by atoms with E-state index in [-0.39, 0.29) is 43.3 Å². The third-order valence-corrected chi connectivity index (χ3v) is 14.2. The van der Waals surface area contributed by atoms with Gasteiger partial charge in [-0.15, -0.1) is 6.58 Å². The molecule has 0 aromatic carbocycles. The molecule has 4 saturated heterocycles. The van der Waals surface area contributed by atoms with E-state index in [4.69, 9.17) is 55.1 Å². The largest absolute Gasteiger partial charge is 0.473 e. The molecule has 0 aromatic rings. The molecule has 20 nitrogen and oxygen atoms in total. The van der Waals surface area contributed by atoms with Gasteiger partial charge in [-0.05, 0) is 66.2 Å². The first kappa shape index (κ1) is 50.7. The molecule has 17 atom stereocenters. The van der Waals surface area contributed by atoms with Crippen molar-refractivity contribution in [2.24, 2.45) is 11.3 Å². The van der Waals surface area contributed by atoms with Crippen molar-refractivity contribution in [3.05, 3.63) is 12.7 Å². The fraction of sp³-hybridized carbons (Fsp3) is 0.941. The highest BCUT2D eigenvalue weighted by molar-refractivity contribution is 7.48. The highest BCUT2D eigenvalue weighted by atomic mass is 31.2. The molecule has 340 valence electrons. The van der Waals surface area contributed by atoms with Crippen LogP contribution in [0.3, 0.4) is 0 Å². The van der Waals surface area contributed by atoms with Crippen LogP contribution in [-0.4, -0.2) is 118 Å². The zero-order valence-corrected chi connectivity index (χ0v) is 38.4. The first-order chi connectivity index (χ1) is 26.5. The Morgan fingerprint density at radius 3 is 1.48 bits per heavy atom. The quantitative estimate of drug-likeness (QED) is 0.0766. The van der Waals surface area contributed by atoms with E-state index in [1.54, 1.807) is 41.5 Å². The van der Waals surface area contributed by atoms with Crippen molar-refractivity contribution in [1.82, 2.24) is 0 Å². The van der Waals surface area contributed by atoms with E-state index in [0.717, 1.165) is 12.5 Å². The second kappa shape index (κ2) is 19.8. The number of rotatable bonds is 20. The molecule has 4 aliphatic heterocycles. The first-order valence-electron chi connectivity index (χ1n) is 19.4. The molecule has 0 amide bonds. The van der Waals surface area contributed by atoms with Gasteiger partial charge in [0.1, 0.15) is 42.7 Å². The van der Waals surface area contributed by atoms with Crippen LogP contribution in [0.4, 0.5) is 0 Å². The van der Waals surface area contributed by atoms with Gasteiger partial charge in [0.2, 0.25) is 0 Å². The summed E-state index contributed by atoms with van der Waals surface area (Å²) in [6.45, 7) is 20.2. The third-order valence-electron chi connectivity index (χ3n) is 9.86. The normalized spacial score (nSPS) is 38.2. The molecule has 0 radical (unpaired) electrons. The maximum Gasteiger partial charge on any atom is 0.473 e. The zero-order chi connectivity index (χ0) is 43.6. The summed E-state index contributed by atoms with van der Waals surface area (Å²) in [4.78, 5) is 42.3. The topological polar surface area (TPSA) is 260 Å². The van der Waals surface area contributed by atoms with Crippen molar-refractivity contribution in [3.63, 3.8) is 0 Å². The van der Waals surface area contributed by atoms with Crippen LogP contribution in [0.2, 0.25) is 0 Å². The summed E-state index contributed by atoms with van der Waals surface area (Å²) in [5.74, 6) is 0.0839. The van der Waals surface area contributed by atoms with E-state index in [1.165, 1.54) is 0 Å². The van der Waals surface area contributed by atoms with Crippen molar-refractivity contribution in [1.29, 1.82) is 0 Å². The standard InChI is InChI=1S/C34H64O20P4/c1-12-25(50-58(41,42)52-27-15-22(4)48-31(27)19-45-57(39,40)54-34(9,10)11)32-28(16-23(5)49-32)53-56(37,38)44-18-30-26(14-21(3)47-30)51-55(35,36)43-17-29-24(33(6,7)8)13-20(2)46-29/h12,20-32H,1,13-19H2,2-11H3,(H,35,36)(H,37,38)(H,39,40)(H,41,42)/t20-,21-,22-,23-,24?,25?,26?,27?,28?,29+,30+,31+,32+/m0/s1. The van der Waals surface area contributed by atoms with Gasteiger partial charge >= 0.3 is 31.3 Å². The van der Waals surface area contributed by atoms with Crippen LogP contribution in [0.1, 0.15) is 94.9 Å². The van der Waals surface area contributed by atoms with Gasteiger partial charge in [0.15, 0.2) is 0 Å². The summed E-state index contributed by atoms with van der Waals surface area (Å²) in [5, 5.41) is 0. The van der Waals surface area contributed by atoms with Crippen LogP contribution >= 0.6 is 31.3 Å². The summed E-state index contributed by atoms with van der Waals surface area (Å²) >= 11 is 0. The molecule has 0 spiro atoms. The SMILES string of the molecule is C=CC(OP(=O)(O)OC1C[C@H](C)O[C@@H]1COP(=O)(O)OC(C)(C)C)[C@H]1O[C@@H](C)CC1OP(=O)(O)OC[C@H]1O[C@@H](C)CC1OP(=O)(O)OC[C@H]1O[C@@H](C)CC1C(C)(C)C. The van der Waals surface area contributed by atoms with Gasteiger partial charge in [-0.3, -0.25) is 36.2 Å². The molecule has 4 aliphatic rings. The predicted octanol–water partition coefficient (Wildman–Crippen LogP) is 6.35. The van der Waals surface area contributed by atoms with Gasteiger partial charge in [0.05, 0.1) is 55.9 Å². The van der Waals surface area contributed by atoms with Crippen molar-refractivity contribution in [3.8, 4) is 0 Å². The monoisotopic (exact) mass is 916 g/mol. The Morgan fingerprint density at radius 1 is 0.603 bits per heavy atom. The summed E-state index contributed by atoms with van der Waals surface area (Å²) in [6, 6.07) is 0. The van der Waals surface area contributed by atoms with E-state index >= 15 is 0 Å². The number of hydrogen-bond donors (Lipinski definition) is 4. The van der Waals surface area contributed by atoms with E-state index in [1.807, 2.05) is 6.92 Å². The molecule has 0 saturated carbocycles. The Balaban J connectivity index is 1.33. The Bertz CT molecular complexity index is 1570. The fourth-order valence-corrected chi connectivity index (χ4v) is 11.6. The number of hydrogen-bond acceptors (Lipinski definition) is 16. The van der Waals surface area contributed by atoms with Crippen molar-refractivity contribution < 1.29 is 93.0 Å². The van der Waals surface area contributed by atoms with Crippen LogP contribution in [0.5, 0.6) is 0 Å². The summed E-state index contributed by atoms with van der Waals surface area (Å²) < 4.78 is 118. The molecule has 4 rings (SSSR count). The lowest BCUT2D eigenvalue weighted by Gasteiger charge is -2.31. The van der Waals surface area contributed by atoms with Crippen LogP contribution in [0.15, 0.2) is 12.7 Å². The summed E-state index contributed by atoms with van der Waals surface area (Å²) in [6.07, 6.45) is -7.88. The minimum atomic E-state index is -4.97. The molecule has 0 bridgehead atoms. The maximum atomic E-state index is 13.3. The van der Waals surface area contributed by atoms with Crippen molar-refractivity contribution in [2.75, 3.05) is 19.8 Å². The lowest BCUT2D eigenvalue weighted by atomic mass is 9.76. The average molecular weight is 917 g/mol. The second-order valence-electron chi connectivity index (χ2n) is 17.5. The van der Waals surface area contributed by atoms with Crippen LogP contribution in [0, 0.1) is 11.3 Å². The smallest absolute Gasteiger partial charge is 0.373 e. The Kier molecular flexibility index (Phi) is 17.3. The number of phosphoric acid groups is 4. The van der Waals surface area contributed by atoms with Gasteiger partial charge in [0, 0.05) is 19.3 Å². The molecule has 0 aromatic heterocycles. The molecule has 9 unspecified atom stereocenters. The molecule has 24 heteroatoms. The fourth-order valence-electron chi connectivity index (χ4n) is 7.51. The van der Waals surface area contributed by atoms with Crippen LogP contribution < -0.4 is 0 Å². The highest BCUT2D eigenvalue weighted by Gasteiger charge is 2.49. The van der Waals surface area contributed by atoms with E-state index in [2.05, 4.69) is 27.4 Å². The van der Waals surface area contributed by atoms with Gasteiger partial charge in [-0.25, -0.2) is 18.3 Å². The Morgan fingerprint density at radius 2 is 1.00 bits per heavy atom. The Labute approximate surface area is 341 Å². The number of phosphoric ester groups is 4. The molecule has 58 heavy (non-hydrogen) atoms. The minimum absolute atomic E-state index is 0.0398. The maximum absolute atomic E-state index is 13.3. The first-order valence-corrected chi connectivity index (χ1v) is 25.4. The molecule has 4 N–H and O–H groups in total. The third kappa shape index (κ3) is 15.7. The van der Waals surface area contributed by atoms with Gasteiger partial charge in [0.25, 0.3) is 0 Å². The molecular formula is C34H64O20P4. The van der Waals surface area contributed by atoms with Crippen molar-refractivity contribution >= 4 is 31.3 Å². The lowest BCUT2D eigenvalue weighted by molar-refractivity contribution is -0.0583. The summed E-state index contributed by atoms with van der Waals surface area (Å²) in [7, 11) is -19.0. The van der Waals surface area contributed by atoms with E-state index in [9.17, 15) is 37.8 Å². The van der Waals surface area contributed by atoms with Crippen LogP contribution in [-0.2, 0) is 73.4 Å². The molecule has 0 aliphatic carbocycles. The summed E-state index contributed by atoms with van der Waals surface area (Å²) in [5.41, 5.74) is -1.13.